The molecule has 0 saturated carbocycles. The molecule has 1 aromatic heterocycles. The van der Waals surface area contributed by atoms with Crippen LogP contribution in [0.25, 0.3) is 0 Å². The number of hydrogen-bond acceptors (Lipinski definition) is 4. The summed E-state index contributed by atoms with van der Waals surface area (Å²) in [5, 5.41) is 11.6. The van der Waals surface area contributed by atoms with Crippen molar-refractivity contribution in [2.45, 2.75) is 12.3 Å². The van der Waals surface area contributed by atoms with Crippen molar-refractivity contribution >= 4 is 29.1 Å². The highest BCUT2D eigenvalue weighted by atomic mass is 32.1. The molecule has 0 saturated heterocycles. The number of benzene rings is 1. The van der Waals surface area contributed by atoms with Gasteiger partial charge in [0.25, 0.3) is 0 Å². The first-order chi connectivity index (χ1) is 9.56. The second-order valence-corrected chi connectivity index (χ2v) is 5.24. The quantitative estimate of drug-likeness (QED) is 0.891. The van der Waals surface area contributed by atoms with Gasteiger partial charge in [0.1, 0.15) is 5.82 Å². The Bertz CT molecular complexity index is 696. The molecule has 0 bridgehead atoms. The minimum atomic E-state index is -1.18. The highest BCUT2D eigenvalue weighted by Gasteiger charge is 2.32. The van der Waals surface area contributed by atoms with Crippen molar-refractivity contribution < 1.29 is 19.1 Å². The number of nitrogens with zero attached hydrogens (tertiary/aromatic N) is 1. The molecule has 0 fully saturated rings. The normalized spacial score (nSPS) is 17.4. The minimum Gasteiger partial charge on any atom is -0.476 e. The van der Waals surface area contributed by atoms with Crippen LogP contribution < -0.4 is 5.32 Å². The van der Waals surface area contributed by atoms with Gasteiger partial charge in [-0.25, -0.2) is 9.18 Å². The van der Waals surface area contributed by atoms with Crippen molar-refractivity contribution in [2.24, 2.45) is 0 Å². The molecule has 1 aromatic carbocycles. The van der Waals surface area contributed by atoms with E-state index in [1.54, 1.807) is 12.1 Å². The van der Waals surface area contributed by atoms with Gasteiger partial charge in [0.2, 0.25) is 5.91 Å². The summed E-state index contributed by atoms with van der Waals surface area (Å²) in [6.07, 6.45) is 0.194. The van der Waals surface area contributed by atoms with E-state index in [0.29, 0.717) is 4.88 Å². The van der Waals surface area contributed by atoms with Gasteiger partial charge in [-0.15, -0.1) is 0 Å². The summed E-state index contributed by atoms with van der Waals surface area (Å²) in [6.45, 7) is 0. The molecule has 1 aliphatic rings. The lowest BCUT2D eigenvalue weighted by Crippen LogP contribution is -2.23. The van der Waals surface area contributed by atoms with Crippen molar-refractivity contribution in [3.05, 3.63) is 46.2 Å². The van der Waals surface area contributed by atoms with Crippen LogP contribution in [0.4, 0.5) is 10.1 Å². The number of aromatic carboxylic acids is 1. The van der Waals surface area contributed by atoms with Gasteiger partial charge in [0, 0.05) is 12.3 Å². The monoisotopic (exact) mass is 292 g/mol. The lowest BCUT2D eigenvalue weighted by atomic mass is 9.90. The summed E-state index contributed by atoms with van der Waals surface area (Å²) >= 11 is 1.05. The minimum absolute atomic E-state index is 0.148. The van der Waals surface area contributed by atoms with E-state index in [0.717, 1.165) is 17.1 Å². The van der Waals surface area contributed by atoms with Gasteiger partial charge in [-0.3, -0.25) is 4.79 Å². The molecule has 3 rings (SSSR count). The van der Waals surface area contributed by atoms with Gasteiger partial charge in [0.05, 0.1) is 10.6 Å². The number of nitrogens with one attached hydrogen (secondary N) is 1. The molecule has 7 heteroatoms. The third kappa shape index (κ3) is 2.05. The Morgan fingerprint density at radius 2 is 2.10 bits per heavy atom. The molecule has 0 radical (unpaired) electrons. The SMILES string of the molecule is O=C1CC(c2ccc(F)cc2)c2snc(C(=O)O)c2N1. The van der Waals surface area contributed by atoms with E-state index in [1.165, 1.54) is 12.1 Å². The Labute approximate surface area is 117 Å². The summed E-state index contributed by atoms with van der Waals surface area (Å²) in [7, 11) is 0. The number of carbonyl (C=O) groups is 2. The molecule has 2 aromatic rings. The van der Waals surface area contributed by atoms with E-state index in [9.17, 15) is 14.0 Å². The van der Waals surface area contributed by atoms with Gasteiger partial charge < -0.3 is 10.4 Å². The number of amides is 1. The molecule has 0 spiro atoms. The fourth-order valence-electron chi connectivity index (χ4n) is 2.24. The number of carbonyl (C=O) groups excluding carboxylic acids is 1. The van der Waals surface area contributed by atoms with Crippen LogP contribution in [0.2, 0.25) is 0 Å². The maximum atomic E-state index is 13.0. The second kappa shape index (κ2) is 4.68. The van der Waals surface area contributed by atoms with Crippen LogP contribution in [0.3, 0.4) is 0 Å². The summed E-state index contributed by atoms with van der Waals surface area (Å²) in [5.74, 6) is -2.09. The molecule has 1 aliphatic heterocycles. The predicted octanol–water partition coefficient (Wildman–Crippen LogP) is 2.45. The number of halogens is 1. The fourth-order valence-corrected chi connectivity index (χ4v) is 3.18. The van der Waals surface area contributed by atoms with E-state index in [1.807, 2.05) is 0 Å². The van der Waals surface area contributed by atoms with Crippen LogP contribution in [-0.4, -0.2) is 21.4 Å². The Balaban J connectivity index is 2.09. The summed E-state index contributed by atoms with van der Waals surface area (Å²) < 4.78 is 16.8. The van der Waals surface area contributed by atoms with Gasteiger partial charge in [-0.05, 0) is 29.2 Å². The number of carboxylic acids is 1. The molecule has 2 heterocycles. The molecule has 1 amide bonds. The number of anilines is 1. The van der Waals surface area contributed by atoms with E-state index < -0.39 is 5.97 Å². The van der Waals surface area contributed by atoms with Crippen molar-refractivity contribution in [3.63, 3.8) is 0 Å². The van der Waals surface area contributed by atoms with Crippen LogP contribution in [0.1, 0.15) is 33.3 Å². The highest BCUT2D eigenvalue weighted by molar-refractivity contribution is 7.06. The van der Waals surface area contributed by atoms with Crippen molar-refractivity contribution in [3.8, 4) is 0 Å². The van der Waals surface area contributed by atoms with E-state index in [4.69, 9.17) is 5.11 Å². The maximum Gasteiger partial charge on any atom is 0.357 e. The van der Waals surface area contributed by atoms with Gasteiger partial charge in [-0.1, -0.05) is 12.1 Å². The number of carboxylic acid groups (broad SMARTS) is 1. The lowest BCUT2D eigenvalue weighted by Gasteiger charge is -2.22. The average molecular weight is 292 g/mol. The van der Waals surface area contributed by atoms with Crippen molar-refractivity contribution in [1.82, 2.24) is 4.37 Å². The number of aromatic nitrogens is 1. The van der Waals surface area contributed by atoms with Gasteiger partial charge in [0.15, 0.2) is 5.69 Å². The first-order valence-corrected chi connectivity index (χ1v) is 6.62. The van der Waals surface area contributed by atoms with Crippen LogP contribution in [0.5, 0.6) is 0 Å². The van der Waals surface area contributed by atoms with Crippen LogP contribution in [0.15, 0.2) is 24.3 Å². The molecule has 1 unspecified atom stereocenters. The second-order valence-electron chi connectivity index (χ2n) is 4.43. The summed E-state index contributed by atoms with van der Waals surface area (Å²) in [6, 6.07) is 5.84. The van der Waals surface area contributed by atoms with E-state index in [-0.39, 0.29) is 35.4 Å². The molecule has 0 aliphatic carbocycles. The molecule has 5 nitrogen and oxygen atoms in total. The third-order valence-corrected chi connectivity index (χ3v) is 4.12. The predicted molar refractivity (Wildman–Crippen MR) is 70.6 cm³/mol. The smallest absolute Gasteiger partial charge is 0.357 e. The number of fused-ring (bicyclic) bond motifs is 1. The third-order valence-electron chi connectivity index (χ3n) is 3.16. The first-order valence-electron chi connectivity index (χ1n) is 5.84. The Hall–Kier alpha value is -2.28. The first kappa shape index (κ1) is 12.7. The standard InChI is InChI=1S/C13H9FN2O3S/c14-7-3-1-6(2-4-7)8-5-9(17)15-10-11(13(18)19)16-20-12(8)10/h1-4,8H,5H2,(H,15,17)(H,18,19). The molecule has 102 valence electrons. The fraction of sp³-hybridized carbons (Fsp3) is 0.154. The van der Waals surface area contributed by atoms with E-state index in [2.05, 4.69) is 9.69 Å². The zero-order chi connectivity index (χ0) is 14.3. The molecule has 2 N–H and O–H groups in total. The zero-order valence-electron chi connectivity index (χ0n) is 10.1. The number of hydrogen-bond donors (Lipinski definition) is 2. The largest absolute Gasteiger partial charge is 0.476 e. The summed E-state index contributed by atoms with van der Waals surface area (Å²) in [5.41, 5.74) is 0.876. The van der Waals surface area contributed by atoms with Crippen LogP contribution in [0, 0.1) is 5.82 Å². The molecular weight excluding hydrogens is 283 g/mol. The Kier molecular flexibility index (Phi) is 2.98. The molecule has 1 atom stereocenters. The van der Waals surface area contributed by atoms with Gasteiger partial charge in [-0.2, -0.15) is 4.37 Å². The van der Waals surface area contributed by atoms with Crippen molar-refractivity contribution in [1.29, 1.82) is 0 Å². The topological polar surface area (TPSA) is 79.3 Å². The van der Waals surface area contributed by atoms with Gasteiger partial charge >= 0.3 is 5.97 Å². The maximum absolute atomic E-state index is 13.0. The Morgan fingerprint density at radius 3 is 2.75 bits per heavy atom. The lowest BCUT2D eigenvalue weighted by molar-refractivity contribution is -0.116. The molecule has 20 heavy (non-hydrogen) atoms. The van der Waals surface area contributed by atoms with Crippen LogP contribution in [-0.2, 0) is 4.79 Å². The Morgan fingerprint density at radius 1 is 1.40 bits per heavy atom. The zero-order valence-corrected chi connectivity index (χ0v) is 10.9. The highest BCUT2D eigenvalue weighted by Crippen LogP contribution is 2.41. The summed E-state index contributed by atoms with van der Waals surface area (Å²) in [4.78, 5) is 23.5. The van der Waals surface area contributed by atoms with E-state index >= 15 is 0 Å². The average Bonchev–Trinajstić information content (AvgIpc) is 2.82. The van der Waals surface area contributed by atoms with Crippen molar-refractivity contribution in [2.75, 3.05) is 5.32 Å². The molecular formula is C13H9FN2O3S. The number of rotatable bonds is 2. The van der Waals surface area contributed by atoms with Crippen LogP contribution >= 0.6 is 11.5 Å².